The van der Waals surface area contributed by atoms with Crippen molar-refractivity contribution in [2.24, 2.45) is 11.8 Å². The minimum Gasteiger partial charge on any atom is -0.381 e. The van der Waals surface area contributed by atoms with Gasteiger partial charge in [-0.1, -0.05) is 6.92 Å². The fourth-order valence-corrected chi connectivity index (χ4v) is 4.61. The Hall–Kier alpha value is -0.660. The normalized spacial score (nSPS) is 36.7. The molecule has 6 atom stereocenters. The Morgan fingerprint density at radius 3 is 2.67 bits per heavy atom. The molecule has 0 bridgehead atoms. The Morgan fingerprint density at radius 2 is 2.04 bits per heavy atom. The first-order chi connectivity index (χ1) is 11.3. The highest BCUT2D eigenvalue weighted by atomic mass is 19.4. The molecule has 0 aliphatic carbocycles. The summed E-state index contributed by atoms with van der Waals surface area (Å²) in [6.45, 7) is 6.45. The van der Waals surface area contributed by atoms with E-state index in [0.717, 1.165) is 39.0 Å². The van der Waals surface area contributed by atoms with Crippen LogP contribution < -0.4 is 5.32 Å². The summed E-state index contributed by atoms with van der Waals surface area (Å²) in [5.74, 6) is 0.398. The van der Waals surface area contributed by atoms with Crippen LogP contribution >= 0.6 is 0 Å². The summed E-state index contributed by atoms with van der Waals surface area (Å²) in [7, 11) is 0. The largest absolute Gasteiger partial charge is 0.428 e. The summed E-state index contributed by atoms with van der Waals surface area (Å²) in [6.07, 6.45) is -1.48. The Balaban J connectivity index is 1.57. The SMILES string of the molecule is CC(CC(=N)C(F)(F)F)C(C)N1CCC2NC(C3CCOC3)CC21. The van der Waals surface area contributed by atoms with Crippen LogP contribution in [0.1, 0.15) is 39.5 Å². The van der Waals surface area contributed by atoms with Crippen molar-refractivity contribution in [3.8, 4) is 0 Å². The number of likely N-dealkylation sites (tertiary alicyclic amines) is 1. The van der Waals surface area contributed by atoms with E-state index >= 15 is 0 Å². The predicted molar refractivity (Wildman–Crippen MR) is 86.4 cm³/mol. The van der Waals surface area contributed by atoms with Gasteiger partial charge < -0.3 is 15.5 Å². The van der Waals surface area contributed by atoms with Crippen molar-refractivity contribution in [1.29, 1.82) is 5.41 Å². The van der Waals surface area contributed by atoms with E-state index in [1.54, 1.807) is 0 Å². The second kappa shape index (κ2) is 6.92. The van der Waals surface area contributed by atoms with Gasteiger partial charge in [-0.05, 0) is 44.4 Å². The van der Waals surface area contributed by atoms with E-state index < -0.39 is 11.9 Å². The lowest BCUT2D eigenvalue weighted by atomic mass is 9.92. The molecular weight excluding hydrogens is 319 g/mol. The lowest BCUT2D eigenvalue weighted by molar-refractivity contribution is -0.0623. The molecule has 4 nitrogen and oxygen atoms in total. The highest BCUT2D eigenvalue weighted by Gasteiger charge is 2.46. The number of ether oxygens (including phenoxy) is 1. The molecule has 0 amide bonds. The van der Waals surface area contributed by atoms with Crippen LogP contribution in [-0.2, 0) is 4.74 Å². The number of alkyl halides is 3. The van der Waals surface area contributed by atoms with Crippen LogP contribution in [0.3, 0.4) is 0 Å². The number of hydrogen-bond acceptors (Lipinski definition) is 4. The molecule has 0 spiro atoms. The van der Waals surface area contributed by atoms with Crippen LogP contribution in [-0.4, -0.2) is 60.7 Å². The lowest BCUT2D eigenvalue weighted by Gasteiger charge is -2.34. The van der Waals surface area contributed by atoms with Crippen LogP contribution in [0.4, 0.5) is 13.2 Å². The number of halogens is 3. The molecule has 3 saturated heterocycles. The molecule has 3 aliphatic heterocycles. The Bertz CT molecular complexity index is 464. The van der Waals surface area contributed by atoms with E-state index in [-0.39, 0.29) is 18.4 Å². The number of rotatable bonds is 5. The van der Waals surface area contributed by atoms with Crippen molar-refractivity contribution in [1.82, 2.24) is 10.2 Å². The van der Waals surface area contributed by atoms with Gasteiger partial charge in [0.15, 0.2) is 0 Å². The topological polar surface area (TPSA) is 48.4 Å². The average molecular weight is 347 g/mol. The summed E-state index contributed by atoms with van der Waals surface area (Å²) >= 11 is 0. The molecule has 2 N–H and O–H groups in total. The van der Waals surface area contributed by atoms with Crippen LogP contribution in [0.15, 0.2) is 0 Å². The molecule has 3 heterocycles. The molecule has 24 heavy (non-hydrogen) atoms. The molecule has 3 rings (SSSR count). The van der Waals surface area contributed by atoms with Crippen LogP contribution in [0.25, 0.3) is 0 Å². The van der Waals surface area contributed by atoms with Gasteiger partial charge in [-0.25, -0.2) is 0 Å². The number of hydrogen-bond donors (Lipinski definition) is 2. The van der Waals surface area contributed by atoms with Gasteiger partial charge >= 0.3 is 6.18 Å². The van der Waals surface area contributed by atoms with Gasteiger partial charge in [0.2, 0.25) is 0 Å². The number of fused-ring (bicyclic) bond motifs is 1. The third kappa shape index (κ3) is 3.63. The van der Waals surface area contributed by atoms with Gasteiger partial charge in [0.25, 0.3) is 0 Å². The van der Waals surface area contributed by atoms with Gasteiger partial charge in [0.05, 0.1) is 6.61 Å². The first kappa shape index (κ1) is 18.1. The van der Waals surface area contributed by atoms with E-state index in [4.69, 9.17) is 10.1 Å². The molecule has 0 aromatic carbocycles. The van der Waals surface area contributed by atoms with Crippen molar-refractivity contribution in [3.05, 3.63) is 0 Å². The maximum Gasteiger partial charge on any atom is 0.428 e. The third-order valence-corrected chi connectivity index (χ3v) is 6.26. The molecule has 0 radical (unpaired) electrons. The molecule has 0 aromatic rings. The summed E-state index contributed by atoms with van der Waals surface area (Å²) in [5, 5.41) is 11.0. The van der Waals surface area contributed by atoms with Gasteiger partial charge in [0.1, 0.15) is 5.71 Å². The van der Waals surface area contributed by atoms with Gasteiger partial charge in [-0.3, -0.25) is 4.90 Å². The van der Waals surface area contributed by atoms with Crippen LogP contribution in [0, 0.1) is 17.2 Å². The van der Waals surface area contributed by atoms with Gasteiger partial charge in [0, 0.05) is 37.3 Å². The first-order valence-corrected chi connectivity index (χ1v) is 9.01. The van der Waals surface area contributed by atoms with E-state index in [1.807, 2.05) is 13.8 Å². The minimum absolute atomic E-state index is 0.0584. The predicted octanol–water partition coefficient (Wildman–Crippen LogP) is 2.82. The second-order valence-electron chi connectivity index (χ2n) is 7.73. The van der Waals surface area contributed by atoms with Gasteiger partial charge in [-0.15, -0.1) is 0 Å². The average Bonchev–Trinajstić information content (AvgIpc) is 3.20. The highest BCUT2D eigenvalue weighted by Crippen LogP contribution is 2.36. The molecule has 7 heteroatoms. The van der Waals surface area contributed by atoms with Crippen molar-refractivity contribution >= 4 is 5.71 Å². The first-order valence-electron chi connectivity index (χ1n) is 9.01. The van der Waals surface area contributed by atoms with E-state index in [2.05, 4.69) is 10.2 Å². The zero-order chi connectivity index (χ0) is 17.5. The zero-order valence-electron chi connectivity index (χ0n) is 14.4. The zero-order valence-corrected chi connectivity index (χ0v) is 14.4. The molecular formula is C17H28F3N3O. The summed E-state index contributed by atoms with van der Waals surface area (Å²) in [6, 6.07) is 1.39. The minimum atomic E-state index is -4.50. The standard InChI is InChI=1S/C17H28F3N3O/c1-10(7-16(21)17(18,19)20)11(2)23-5-3-13-15(23)8-14(22-13)12-4-6-24-9-12/h10-15,21-22H,3-9H2,1-2H3. The molecule has 6 unspecified atom stereocenters. The quantitative estimate of drug-likeness (QED) is 0.752. The fraction of sp³-hybridized carbons (Fsp3) is 0.941. The van der Waals surface area contributed by atoms with Crippen LogP contribution in [0.2, 0.25) is 0 Å². The smallest absolute Gasteiger partial charge is 0.381 e. The molecule has 0 saturated carbocycles. The molecule has 3 fully saturated rings. The Morgan fingerprint density at radius 1 is 1.29 bits per heavy atom. The van der Waals surface area contributed by atoms with E-state index in [9.17, 15) is 13.2 Å². The maximum absolute atomic E-state index is 12.6. The molecule has 3 aliphatic rings. The van der Waals surface area contributed by atoms with E-state index in [0.29, 0.717) is 24.0 Å². The monoisotopic (exact) mass is 347 g/mol. The highest BCUT2D eigenvalue weighted by molar-refractivity contribution is 5.86. The lowest BCUT2D eigenvalue weighted by Crippen LogP contribution is -2.44. The van der Waals surface area contributed by atoms with Gasteiger partial charge in [-0.2, -0.15) is 13.2 Å². The van der Waals surface area contributed by atoms with E-state index in [1.165, 1.54) is 0 Å². The summed E-state index contributed by atoms with van der Waals surface area (Å²) in [5.41, 5.74) is -1.11. The Labute approximate surface area is 141 Å². The summed E-state index contributed by atoms with van der Waals surface area (Å²) in [4.78, 5) is 2.38. The Kier molecular flexibility index (Phi) is 5.23. The van der Waals surface area contributed by atoms with Crippen molar-refractivity contribution < 1.29 is 17.9 Å². The number of nitrogens with one attached hydrogen (secondary N) is 2. The summed E-state index contributed by atoms with van der Waals surface area (Å²) < 4.78 is 43.4. The van der Waals surface area contributed by atoms with Crippen molar-refractivity contribution in [2.45, 2.75) is 69.9 Å². The number of nitrogens with zero attached hydrogens (tertiary/aromatic N) is 1. The maximum atomic E-state index is 12.6. The molecule has 0 aromatic heterocycles. The van der Waals surface area contributed by atoms with Crippen molar-refractivity contribution in [3.63, 3.8) is 0 Å². The van der Waals surface area contributed by atoms with Crippen molar-refractivity contribution in [2.75, 3.05) is 19.8 Å². The third-order valence-electron chi connectivity index (χ3n) is 6.26. The molecule has 138 valence electrons. The second-order valence-corrected chi connectivity index (χ2v) is 7.73. The fourth-order valence-electron chi connectivity index (χ4n) is 4.61. The van der Waals surface area contributed by atoms with Crippen LogP contribution in [0.5, 0.6) is 0 Å².